The van der Waals surface area contributed by atoms with E-state index in [1.165, 1.54) is 12.1 Å². The molecule has 1 aromatic carbocycles. The molecule has 0 amide bonds. The van der Waals surface area contributed by atoms with E-state index in [0.717, 1.165) is 0 Å². The fourth-order valence-electron chi connectivity index (χ4n) is 1.01. The molecule has 68 valence electrons. The van der Waals surface area contributed by atoms with Crippen molar-refractivity contribution in [3.63, 3.8) is 0 Å². The number of hydrogen-bond donors (Lipinski definition) is 1. The van der Waals surface area contributed by atoms with Crippen molar-refractivity contribution >= 4 is 11.6 Å². The van der Waals surface area contributed by atoms with Crippen LogP contribution in [0.4, 0.5) is 4.39 Å². The Balaban J connectivity index is 2.95. The van der Waals surface area contributed by atoms with E-state index in [-0.39, 0.29) is 6.42 Å². The molecule has 0 heterocycles. The van der Waals surface area contributed by atoms with Crippen LogP contribution >= 0.6 is 11.6 Å². The van der Waals surface area contributed by atoms with Crippen molar-refractivity contribution in [1.29, 1.82) is 5.26 Å². The van der Waals surface area contributed by atoms with Crippen LogP contribution in [0.3, 0.4) is 0 Å². The van der Waals surface area contributed by atoms with Crippen molar-refractivity contribution in [1.82, 2.24) is 0 Å². The molecule has 0 unspecified atom stereocenters. The molecule has 0 aliphatic rings. The van der Waals surface area contributed by atoms with Gasteiger partial charge in [-0.3, -0.25) is 0 Å². The molecule has 0 aliphatic carbocycles. The van der Waals surface area contributed by atoms with E-state index in [0.29, 0.717) is 10.6 Å². The van der Waals surface area contributed by atoms with Gasteiger partial charge in [0.1, 0.15) is 5.82 Å². The van der Waals surface area contributed by atoms with Gasteiger partial charge in [0.05, 0.1) is 12.5 Å². The Labute approximate surface area is 80.7 Å². The van der Waals surface area contributed by atoms with E-state index in [4.69, 9.17) is 22.6 Å². The minimum atomic E-state index is -0.474. The lowest BCUT2D eigenvalue weighted by atomic mass is 10.1. The molecule has 1 aromatic rings. The van der Waals surface area contributed by atoms with Crippen LogP contribution in [0.2, 0.25) is 5.02 Å². The lowest BCUT2D eigenvalue weighted by molar-refractivity contribution is 0.620. The molecule has 1 atom stereocenters. The topological polar surface area (TPSA) is 49.8 Å². The first-order valence-electron chi connectivity index (χ1n) is 3.72. The summed E-state index contributed by atoms with van der Waals surface area (Å²) in [5.74, 6) is -0.434. The molecular weight excluding hydrogens is 191 g/mol. The summed E-state index contributed by atoms with van der Waals surface area (Å²) in [7, 11) is 0. The second-order valence-electron chi connectivity index (χ2n) is 2.67. The summed E-state index contributed by atoms with van der Waals surface area (Å²) in [6, 6.07) is 5.49. The number of benzene rings is 1. The van der Waals surface area contributed by atoms with E-state index < -0.39 is 11.9 Å². The zero-order valence-corrected chi connectivity index (χ0v) is 7.55. The molecule has 0 aliphatic heterocycles. The van der Waals surface area contributed by atoms with Crippen molar-refractivity contribution in [3.05, 3.63) is 34.6 Å². The van der Waals surface area contributed by atoms with E-state index >= 15 is 0 Å². The van der Waals surface area contributed by atoms with Crippen LogP contribution in [-0.4, -0.2) is 0 Å². The van der Waals surface area contributed by atoms with Gasteiger partial charge in [-0.1, -0.05) is 11.6 Å². The van der Waals surface area contributed by atoms with Crippen molar-refractivity contribution in [3.8, 4) is 6.07 Å². The number of nitrogens with two attached hydrogens (primary N) is 1. The number of hydrogen-bond acceptors (Lipinski definition) is 2. The summed E-state index contributed by atoms with van der Waals surface area (Å²) >= 11 is 5.62. The van der Waals surface area contributed by atoms with Crippen LogP contribution in [0.5, 0.6) is 0 Å². The smallest absolute Gasteiger partial charge is 0.125 e. The minimum absolute atomic E-state index is 0.153. The Hall–Kier alpha value is -1.11. The summed E-state index contributed by atoms with van der Waals surface area (Å²) in [6.45, 7) is 0. The summed E-state index contributed by atoms with van der Waals surface area (Å²) in [4.78, 5) is 0. The van der Waals surface area contributed by atoms with Crippen LogP contribution in [0, 0.1) is 17.1 Å². The molecule has 1 rings (SSSR count). The fraction of sp³-hybridized carbons (Fsp3) is 0.222. The summed E-state index contributed by atoms with van der Waals surface area (Å²) in [6.07, 6.45) is 0.153. The Bertz CT molecular complexity index is 326. The average Bonchev–Trinajstić information content (AvgIpc) is 2.03. The quantitative estimate of drug-likeness (QED) is 0.793. The molecule has 0 fully saturated rings. The molecule has 0 spiro atoms. The van der Waals surface area contributed by atoms with Gasteiger partial charge in [-0.25, -0.2) is 4.39 Å². The lowest BCUT2D eigenvalue weighted by Crippen LogP contribution is -2.09. The van der Waals surface area contributed by atoms with Crippen LogP contribution in [0.1, 0.15) is 18.0 Å². The highest BCUT2D eigenvalue weighted by molar-refractivity contribution is 6.30. The van der Waals surface area contributed by atoms with E-state index in [1.807, 2.05) is 6.07 Å². The number of nitriles is 1. The summed E-state index contributed by atoms with van der Waals surface area (Å²) in [5.41, 5.74) is 6.14. The second-order valence-corrected chi connectivity index (χ2v) is 3.11. The van der Waals surface area contributed by atoms with Gasteiger partial charge in [0.2, 0.25) is 0 Å². The van der Waals surface area contributed by atoms with E-state index in [9.17, 15) is 4.39 Å². The molecule has 0 bridgehead atoms. The predicted molar refractivity (Wildman–Crippen MR) is 48.6 cm³/mol. The molecule has 0 aromatic heterocycles. The highest BCUT2D eigenvalue weighted by Crippen LogP contribution is 2.20. The van der Waals surface area contributed by atoms with Gasteiger partial charge >= 0.3 is 0 Å². The molecule has 0 saturated heterocycles. The second kappa shape index (κ2) is 4.22. The third-order valence-corrected chi connectivity index (χ3v) is 1.84. The zero-order chi connectivity index (χ0) is 9.84. The number of nitrogens with zero attached hydrogens (tertiary/aromatic N) is 1. The first-order chi connectivity index (χ1) is 6.13. The summed E-state index contributed by atoms with van der Waals surface area (Å²) in [5, 5.41) is 8.67. The normalized spacial score (nSPS) is 12.2. The highest BCUT2D eigenvalue weighted by Gasteiger charge is 2.07. The SMILES string of the molecule is N#CC[C@@H](N)c1cc(F)cc(Cl)c1. The van der Waals surface area contributed by atoms with Crippen LogP contribution in [-0.2, 0) is 0 Å². The Kier molecular flexibility index (Phi) is 3.24. The van der Waals surface area contributed by atoms with Crippen LogP contribution < -0.4 is 5.73 Å². The monoisotopic (exact) mass is 198 g/mol. The predicted octanol–water partition coefficient (Wildman–Crippen LogP) is 2.39. The minimum Gasteiger partial charge on any atom is -0.323 e. The van der Waals surface area contributed by atoms with Crippen molar-refractivity contribution < 1.29 is 4.39 Å². The zero-order valence-electron chi connectivity index (χ0n) is 6.80. The fourth-order valence-corrected chi connectivity index (χ4v) is 1.24. The van der Waals surface area contributed by atoms with Crippen LogP contribution in [0.25, 0.3) is 0 Å². The van der Waals surface area contributed by atoms with Crippen molar-refractivity contribution in [2.24, 2.45) is 5.73 Å². The van der Waals surface area contributed by atoms with Crippen LogP contribution in [0.15, 0.2) is 18.2 Å². The van der Waals surface area contributed by atoms with Gasteiger partial charge in [-0.05, 0) is 23.8 Å². The molecule has 0 saturated carbocycles. The van der Waals surface area contributed by atoms with Gasteiger partial charge in [0.25, 0.3) is 0 Å². The first kappa shape index (κ1) is 9.97. The molecule has 0 radical (unpaired) electrons. The molecule has 13 heavy (non-hydrogen) atoms. The summed E-state index contributed by atoms with van der Waals surface area (Å²) < 4.78 is 12.8. The average molecular weight is 199 g/mol. The maximum absolute atomic E-state index is 12.8. The lowest BCUT2D eigenvalue weighted by Gasteiger charge is -2.07. The van der Waals surface area contributed by atoms with E-state index in [2.05, 4.69) is 0 Å². The third-order valence-electron chi connectivity index (χ3n) is 1.62. The maximum Gasteiger partial charge on any atom is 0.125 e. The van der Waals surface area contributed by atoms with Crippen molar-refractivity contribution in [2.45, 2.75) is 12.5 Å². The van der Waals surface area contributed by atoms with Gasteiger partial charge in [-0.2, -0.15) is 5.26 Å². The van der Waals surface area contributed by atoms with Gasteiger partial charge in [-0.15, -0.1) is 0 Å². The first-order valence-corrected chi connectivity index (χ1v) is 4.10. The van der Waals surface area contributed by atoms with Gasteiger partial charge in [0, 0.05) is 11.1 Å². The number of rotatable bonds is 2. The highest BCUT2D eigenvalue weighted by atomic mass is 35.5. The largest absolute Gasteiger partial charge is 0.323 e. The standard InChI is InChI=1S/C9H8ClFN2/c10-7-3-6(4-8(11)5-7)9(13)1-2-12/h3-5,9H,1,13H2/t9-/m1/s1. The maximum atomic E-state index is 12.8. The number of halogens is 2. The van der Waals surface area contributed by atoms with E-state index in [1.54, 1.807) is 6.07 Å². The third kappa shape index (κ3) is 2.69. The van der Waals surface area contributed by atoms with Gasteiger partial charge in [0.15, 0.2) is 0 Å². The van der Waals surface area contributed by atoms with Crippen molar-refractivity contribution in [2.75, 3.05) is 0 Å². The molecule has 2 N–H and O–H groups in total. The molecule has 4 heteroatoms. The molecular formula is C9H8ClFN2. The Morgan fingerprint density at radius 1 is 1.54 bits per heavy atom. The Morgan fingerprint density at radius 3 is 2.77 bits per heavy atom. The molecule has 2 nitrogen and oxygen atoms in total. The Morgan fingerprint density at radius 2 is 2.23 bits per heavy atom. The van der Waals surface area contributed by atoms with Gasteiger partial charge < -0.3 is 5.73 Å².